The molecule has 0 aliphatic carbocycles. The SMILES string of the molecule is O=C(O)NC[C@@H](Cc1cccc(C(F)(F)F)c1)NC(=O)c1cc(Br)cs1. The molecule has 1 atom stereocenters. The number of nitrogens with one attached hydrogen (secondary N) is 2. The number of carbonyl (C=O) groups excluding carboxylic acids is 1. The molecule has 140 valence electrons. The van der Waals surface area contributed by atoms with Gasteiger partial charge in [-0.2, -0.15) is 13.2 Å². The first kappa shape index (κ1) is 20.2. The number of hydrogen-bond donors (Lipinski definition) is 3. The zero-order valence-electron chi connectivity index (χ0n) is 13.1. The minimum atomic E-state index is -4.47. The van der Waals surface area contributed by atoms with Crippen molar-refractivity contribution in [1.82, 2.24) is 10.6 Å². The zero-order chi connectivity index (χ0) is 19.3. The highest BCUT2D eigenvalue weighted by molar-refractivity contribution is 9.10. The van der Waals surface area contributed by atoms with Gasteiger partial charge in [-0.05, 0) is 40.0 Å². The molecular formula is C16H14BrF3N2O3S. The third kappa shape index (κ3) is 6.03. The Morgan fingerprint density at radius 2 is 2.00 bits per heavy atom. The number of rotatable bonds is 6. The summed E-state index contributed by atoms with van der Waals surface area (Å²) in [6.45, 7) is -0.135. The van der Waals surface area contributed by atoms with Crippen LogP contribution in [0.2, 0.25) is 0 Å². The average Bonchev–Trinajstić information content (AvgIpc) is 2.98. The van der Waals surface area contributed by atoms with Crippen molar-refractivity contribution in [2.24, 2.45) is 0 Å². The highest BCUT2D eigenvalue weighted by Gasteiger charge is 2.30. The third-order valence-electron chi connectivity index (χ3n) is 3.36. The van der Waals surface area contributed by atoms with E-state index in [2.05, 4.69) is 26.6 Å². The molecule has 2 rings (SSSR count). The van der Waals surface area contributed by atoms with Crippen molar-refractivity contribution >= 4 is 39.3 Å². The van der Waals surface area contributed by atoms with Crippen LogP contribution in [0.15, 0.2) is 40.2 Å². The van der Waals surface area contributed by atoms with Crippen LogP contribution in [-0.4, -0.2) is 29.7 Å². The Labute approximate surface area is 159 Å². The number of hydrogen-bond acceptors (Lipinski definition) is 3. The van der Waals surface area contributed by atoms with E-state index < -0.39 is 29.8 Å². The lowest BCUT2D eigenvalue weighted by molar-refractivity contribution is -0.137. The van der Waals surface area contributed by atoms with E-state index in [0.717, 1.165) is 16.6 Å². The molecule has 2 aromatic rings. The summed E-state index contributed by atoms with van der Waals surface area (Å²) < 4.78 is 39.2. The van der Waals surface area contributed by atoms with Crippen LogP contribution in [0, 0.1) is 0 Å². The lowest BCUT2D eigenvalue weighted by Gasteiger charge is -2.19. The first-order valence-corrected chi connectivity index (χ1v) is 9.00. The van der Waals surface area contributed by atoms with Gasteiger partial charge in [0, 0.05) is 16.4 Å². The molecule has 5 nitrogen and oxygen atoms in total. The van der Waals surface area contributed by atoms with Gasteiger partial charge in [0.05, 0.1) is 16.5 Å². The maximum Gasteiger partial charge on any atom is 0.416 e. The monoisotopic (exact) mass is 450 g/mol. The van der Waals surface area contributed by atoms with E-state index in [4.69, 9.17) is 5.11 Å². The Kier molecular flexibility index (Phi) is 6.65. The van der Waals surface area contributed by atoms with E-state index in [1.54, 1.807) is 11.4 Å². The van der Waals surface area contributed by atoms with Crippen LogP contribution in [0.4, 0.5) is 18.0 Å². The summed E-state index contributed by atoms with van der Waals surface area (Å²) in [6, 6.07) is 5.61. The van der Waals surface area contributed by atoms with Crippen LogP contribution in [0.25, 0.3) is 0 Å². The van der Waals surface area contributed by atoms with E-state index in [9.17, 15) is 22.8 Å². The van der Waals surface area contributed by atoms with Crippen molar-refractivity contribution in [1.29, 1.82) is 0 Å². The zero-order valence-corrected chi connectivity index (χ0v) is 15.5. The molecule has 0 aliphatic rings. The van der Waals surface area contributed by atoms with Gasteiger partial charge in [0.2, 0.25) is 0 Å². The maximum atomic E-state index is 12.8. The average molecular weight is 451 g/mol. The minimum absolute atomic E-state index is 0.0441. The van der Waals surface area contributed by atoms with E-state index in [1.165, 1.54) is 23.5 Å². The Hall–Kier alpha value is -2.07. The topological polar surface area (TPSA) is 78.4 Å². The van der Waals surface area contributed by atoms with Crippen molar-refractivity contribution < 1.29 is 27.9 Å². The third-order valence-corrected chi connectivity index (χ3v) is 5.05. The van der Waals surface area contributed by atoms with E-state index >= 15 is 0 Å². The van der Waals surface area contributed by atoms with E-state index in [1.807, 2.05) is 0 Å². The first-order valence-electron chi connectivity index (χ1n) is 7.33. The second kappa shape index (κ2) is 8.54. The fourth-order valence-electron chi connectivity index (χ4n) is 2.23. The van der Waals surface area contributed by atoms with Gasteiger partial charge in [0.1, 0.15) is 0 Å². The Balaban J connectivity index is 2.14. The molecule has 1 aromatic carbocycles. The summed E-state index contributed by atoms with van der Waals surface area (Å²) in [5.41, 5.74) is -0.460. The molecule has 0 spiro atoms. The summed E-state index contributed by atoms with van der Waals surface area (Å²) in [5, 5.41) is 15.3. The number of amides is 2. The van der Waals surface area contributed by atoms with Crippen molar-refractivity contribution in [3.05, 3.63) is 56.2 Å². The van der Waals surface area contributed by atoms with Crippen molar-refractivity contribution in [2.45, 2.75) is 18.6 Å². The normalized spacial score (nSPS) is 12.5. The predicted molar refractivity (Wildman–Crippen MR) is 94.4 cm³/mol. The highest BCUT2D eigenvalue weighted by Crippen LogP contribution is 2.29. The number of alkyl halides is 3. The van der Waals surface area contributed by atoms with E-state index in [-0.39, 0.29) is 13.0 Å². The predicted octanol–water partition coefficient (Wildman–Crippen LogP) is 4.14. The summed E-state index contributed by atoms with van der Waals surface area (Å²) in [4.78, 5) is 23.4. The molecule has 0 saturated carbocycles. The Morgan fingerprint density at radius 3 is 2.58 bits per heavy atom. The molecule has 1 aromatic heterocycles. The Bertz CT molecular complexity index is 795. The summed E-state index contributed by atoms with van der Waals surface area (Å²) in [5.74, 6) is -0.426. The summed E-state index contributed by atoms with van der Waals surface area (Å²) in [6.07, 6.45) is -5.72. The second-order valence-electron chi connectivity index (χ2n) is 5.39. The summed E-state index contributed by atoms with van der Waals surface area (Å²) >= 11 is 4.42. The molecule has 2 amide bonds. The van der Waals surface area contributed by atoms with Crippen molar-refractivity contribution in [3.8, 4) is 0 Å². The molecule has 10 heteroatoms. The molecular weight excluding hydrogens is 437 g/mol. The van der Waals surface area contributed by atoms with Crippen LogP contribution in [0.1, 0.15) is 20.8 Å². The summed E-state index contributed by atoms with van der Waals surface area (Å²) in [7, 11) is 0. The van der Waals surface area contributed by atoms with Gasteiger partial charge in [-0.1, -0.05) is 18.2 Å². The lowest BCUT2D eigenvalue weighted by atomic mass is 10.0. The van der Waals surface area contributed by atoms with Crippen LogP contribution < -0.4 is 10.6 Å². The molecule has 1 heterocycles. The molecule has 0 aliphatic heterocycles. The van der Waals surface area contributed by atoms with Gasteiger partial charge in [-0.25, -0.2) is 4.79 Å². The molecule has 0 fully saturated rings. The molecule has 0 saturated heterocycles. The van der Waals surface area contributed by atoms with Crippen LogP contribution in [0.3, 0.4) is 0 Å². The lowest BCUT2D eigenvalue weighted by Crippen LogP contribution is -2.44. The molecule has 3 N–H and O–H groups in total. The maximum absolute atomic E-state index is 12.8. The van der Waals surface area contributed by atoms with Crippen molar-refractivity contribution in [2.75, 3.05) is 6.54 Å². The fourth-order valence-corrected chi connectivity index (χ4v) is 3.56. The van der Waals surface area contributed by atoms with Crippen LogP contribution in [-0.2, 0) is 12.6 Å². The molecule has 26 heavy (non-hydrogen) atoms. The number of carbonyl (C=O) groups is 2. The number of halogens is 4. The van der Waals surface area contributed by atoms with Gasteiger partial charge >= 0.3 is 12.3 Å². The fraction of sp³-hybridized carbons (Fsp3) is 0.250. The largest absolute Gasteiger partial charge is 0.465 e. The number of carboxylic acid groups (broad SMARTS) is 1. The van der Waals surface area contributed by atoms with Crippen molar-refractivity contribution in [3.63, 3.8) is 0 Å². The second-order valence-corrected chi connectivity index (χ2v) is 7.21. The first-order chi connectivity index (χ1) is 12.1. The number of thiophene rings is 1. The minimum Gasteiger partial charge on any atom is -0.465 e. The molecule has 0 bridgehead atoms. The number of benzene rings is 1. The van der Waals surface area contributed by atoms with Gasteiger partial charge in [0.25, 0.3) is 5.91 Å². The van der Waals surface area contributed by atoms with Gasteiger partial charge in [-0.3, -0.25) is 4.79 Å². The van der Waals surface area contributed by atoms with Gasteiger partial charge < -0.3 is 15.7 Å². The quantitative estimate of drug-likeness (QED) is 0.618. The highest BCUT2D eigenvalue weighted by atomic mass is 79.9. The van der Waals surface area contributed by atoms with Gasteiger partial charge in [0.15, 0.2) is 0 Å². The molecule has 0 unspecified atom stereocenters. The Morgan fingerprint density at radius 1 is 1.27 bits per heavy atom. The van der Waals surface area contributed by atoms with Gasteiger partial charge in [-0.15, -0.1) is 11.3 Å². The smallest absolute Gasteiger partial charge is 0.416 e. The van der Waals surface area contributed by atoms with E-state index in [0.29, 0.717) is 10.4 Å². The standard InChI is InChI=1S/C16H14BrF3N2O3S/c17-11-6-13(26-8-11)14(23)22-12(7-21-15(24)25)5-9-2-1-3-10(4-9)16(18,19)20/h1-4,6,8,12,21H,5,7H2,(H,22,23)(H,24,25)/t12-/m1/s1. The molecule has 0 radical (unpaired) electrons. The van der Waals surface area contributed by atoms with Crippen LogP contribution >= 0.6 is 27.3 Å². The van der Waals surface area contributed by atoms with Crippen LogP contribution in [0.5, 0.6) is 0 Å².